The molecule has 0 aromatic heterocycles. The fourth-order valence-electron chi connectivity index (χ4n) is 7.60. The van der Waals surface area contributed by atoms with Crippen LogP contribution in [0.2, 0.25) is 0 Å². The molecule has 3 saturated carbocycles. The molecule has 0 aliphatic heterocycles. The number of fused-ring (bicyclic) bond motifs is 5. The van der Waals surface area contributed by atoms with Crippen molar-refractivity contribution in [2.24, 2.45) is 28.6 Å². The van der Waals surface area contributed by atoms with Gasteiger partial charge in [-0.05, 0) is 61.2 Å². The number of carbonyl (C=O) groups is 2. The molecule has 0 amide bonds. The zero-order valence-corrected chi connectivity index (χ0v) is 21.7. The molecule has 4 aliphatic carbocycles. The summed E-state index contributed by atoms with van der Waals surface area (Å²) in [6.45, 7) is 4.13. The van der Waals surface area contributed by atoms with Crippen LogP contribution in [0.5, 0.6) is 0 Å². The first-order valence-electron chi connectivity index (χ1n) is 10.7. The van der Waals surface area contributed by atoms with Crippen molar-refractivity contribution in [2.75, 3.05) is 6.61 Å². The van der Waals surface area contributed by atoms with E-state index in [0.29, 0.717) is 24.8 Å². The SMILES string of the molecule is C[C@@H]1C[C@H]2[C@@H]3CCC4=CC(=O)C=C[C@]4(C)[C@@]3(F)[C@@H](O)C[C@]2(C)[C@@]1(O[P+](=O)[O-])C(=O)CO.[Na+]. The van der Waals surface area contributed by atoms with Crippen molar-refractivity contribution in [3.8, 4) is 0 Å². The monoisotopic (exact) mass is 477 g/mol. The summed E-state index contributed by atoms with van der Waals surface area (Å²) in [4.78, 5) is 36.5. The Hall–Kier alpha value is -0.310. The molecular weight excluding hydrogens is 449 g/mol. The summed E-state index contributed by atoms with van der Waals surface area (Å²) in [7, 11) is -3.43. The number of hydrogen-bond donors (Lipinski definition) is 2. The van der Waals surface area contributed by atoms with Crippen molar-refractivity contribution < 1.29 is 67.7 Å². The predicted molar refractivity (Wildman–Crippen MR) is 106 cm³/mol. The van der Waals surface area contributed by atoms with E-state index in [1.807, 2.05) is 0 Å². The minimum Gasteiger partial charge on any atom is -0.566 e. The predicted octanol–water partition coefficient (Wildman–Crippen LogP) is -1.06. The first kappa shape index (κ1) is 26.3. The third-order valence-corrected chi connectivity index (χ3v) is 9.39. The van der Waals surface area contributed by atoms with Crippen molar-refractivity contribution in [3.05, 3.63) is 23.8 Å². The fourth-order valence-corrected chi connectivity index (χ4v) is 8.33. The van der Waals surface area contributed by atoms with Gasteiger partial charge in [-0.3, -0.25) is 9.59 Å². The molecule has 9 atom stereocenters. The third kappa shape index (κ3) is 3.11. The van der Waals surface area contributed by atoms with Crippen LogP contribution >= 0.6 is 8.25 Å². The molecule has 170 valence electrons. The molecule has 2 N–H and O–H groups in total. The molecule has 7 nitrogen and oxygen atoms in total. The zero-order valence-electron chi connectivity index (χ0n) is 18.8. The largest absolute Gasteiger partial charge is 1.00 e. The Morgan fingerprint density at radius 1 is 1.38 bits per heavy atom. The Labute approximate surface area is 209 Å². The van der Waals surface area contributed by atoms with E-state index in [4.69, 9.17) is 4.52 Å². The van der Waals surface area contributed by atoms with Gasteiger partial charge in [0.2, 0.25) is 0 Å². The number of aliphatic hydroxyl groups excluding tert-OH is 2. The van der Waals surface area contributed by atoms with E-state index < -0.39 is 66.6 Å². The number of rotatable bonds is 4. The average Bonchev–Trinajstić information content (AvgIpc) is 2.90. The van der Waals surface area contributed by atoms with Gasteiger partial charge in [0.05, 0.1) is 6.10 Å². The van der Waals surface area contributed by atoms with Crippen molar-refractivity contribution in [1.29, 1.82) is 0 Å². The number of aliphatic hydroxyl groups is 2. The van der Waals surface area contributed by atoms with Crippen LogP contribution in [-0.2, 0) is 18.7 Å². The molecule has 1 unspecified atom stereocenters. The number of alkyl halides is 1. The van der Waals surface area contributed by atoms with Crippen LogP contribution in [-0.4, -0.2) is 45.8 Å². The number of Topliss-reactive ketones (excluding diaryl/α,β-unsaturated/α-hetero) is 1. The van der Waals surface area contributed by atoms with E-state index in [-0.39, 0.29) is 41.8 Å². The van der Waals surface area contributed by atoms with E-state index >= 15 is 4.39 Å². The smallest absolute Gasteiger partial charge is 0.566 e. The Balaban J connectivity index is 0.00000289. The van der Waals surface area contributed by atoms with Gasteiger partial charge in [-0.15, -0.1) is 4.52 Å². The number of halogens is 1. The second kappa shape index (κ2) is 8.42. The van der Waals surface area contributed by atoms with E-state index in [0.717, 1.165) is 0 Å². The second-order valence-electron chi connectivity index (χ2n) is 10.0. The Morgan fingerprint density at radius 2 is 2.03 bits per heavy atom. The van der Waals surface area contributed by atoms with Gasteiger partial charge in [0, 0.05) is 16.7 Å². The normalized spacial score (nSPS) is 47.5. The molecule has 0 heterocycles. The maximum Gasteiger partial charge on any atom is 1.00 e. The van der Waals surface area contributed by atoms with Gasteiger partial charge in [-0.1, -0.05) is 25.5 Å². The van der Waals surface area contributed by atoms with Crippen LogP contribution < -0.4 is 34.5 Å². The van der Waals surface area contributed by atoms with Crippen LogP contribution in [0.4, 0.5) is 4.39 Å². The molecule has 10 heteroatoms. The second-order valence-corrected chi connectivity index (χ2v) is 10.7. The summed E-state index contributed by atoms with van der Waals surface area (Å²) in [5.41, 5.74) is -5.67. The van der Waals surface area contributed by atoms with Crippen LogP contribution in [0.3, 0.4) is 0 Å². The van der Waals surface area contributed by atoms with E-state index in [9.17, 15) is 29.3 Å². The number of allylic oxidation sites excluding steroid dienone is 4. The van der Waals surface area contributed by atoms with Crippen molar-refractivity contribution in [2.45, 2.75) is 63.8 Å². The minimum atomic E-state index is -3.43. The molecule has 32 heavy (non-hydrogen) atoms. The van der Waals surface area contributed by atoms with Crippen molar-refractivity contribution >= 4 is 19.8 Å². The van der Waals surface area contributed by atoms with Crippen LogP contribution in [0, 0.1) is 28.6 Å². The van der Waals surface area contributed by atoms with Crippen LogP contribution in [0.1, 0.15) is 46.5 Å². The number of ketones is 2. The summed E-state index contributed by atoms with van der Waals surface area (Å²) < 4.78 is 34.0. The van der Waals surface area contributed by atoms with Crippen LogP contribution in [0.25, 0.3) is 0 Å². The van der Waals surface area contributed by atoms with E-state index in [2.05, 4.69) is 0 Å². The van der Waals surface area contributed by atoms with Gasteiger partial charge in [0.25, 0.3) is 0 Å². The molecule has 0 aromatic rings. The molecular formula is C22H28FNaO7P+. The molecule has 3 fully saturated rings. The zero-order chi connectivity index (χ0) is 23.0. The molecule has 0 radical (unpaired) electrons. The first-order chi connectivity index (χ1) is 14.4. The standard InChI is InChI=1S/C22H28FO7P.Na/c1-12-8-16-15-5-4-13-9-14(25)6-7-19(13,2)21(15,23)17(26)10-20(16,3)22(12,18(27)11-24)30-31(28)29;/h6-7,9,12,15-17,24,26H,4-5,8,10-11H2,1-3H3;/q;+1/t12-,15+,16+,17+,19+,20+,21+,22+;/m1./s1. The van der Waals surface area contributed by atoms with Gasteiger partial charge in [0.1, 0.15) is 6.61 Å². The maximum absolute atomic E-state index is 17.0. The molecule has 0 bridgehead atoms. The Morgan fingerprint density at radius 3 is 2.62 bits per heavy atom. The first-order valence-corrected chi connectivity index (χ1v) is 11.8. The average molecular weight is 477 g/mol. The van der Waals surface area contributed by atoms with Gasteiger partial charge in [-0.25, -0.2) is 4.39 Å². The van der Waals surface area contributed by atoms with Gasteiger partial charge >= 0.3 is 37.8 Å². The molecule has 0 aromatic carbocycles. The maximum atomic E-state index is 17.0. The van der Waals surface area contributed by atoms with Crippen molar-refractivity contribution in [3.63, 3.8) is 0 Å². The van der Waals surface area contributed by atoms with Gasteiger partial charge < -0.3 is 15.1 Å². The topological polar surface area (TPSA) is 124 Å². The summed E-state index contributed by atoms with van der Waals surface area (Å²) in [5, 5.41) is 20.9. The molecule has 4 aliphatic rings. The van der Waals surface area contributed by atoms with Crippen LogP contribution in [0.15, 0.2) is 23.8 Å². The third-order valence-electron chi connectivity index (χ3n) is 8.96. The Bertz CT molecular complexity index is 924. The van der Waals surface area contributed by atoms with E-state index in [1.165, 1.54) is 18.2 Å². The van der Waals surface area contributed by atoms with Gasteiger partial charge in [0.15, 0.2) is 22.8 Å². The summed E-state index contributed by atoms with van der Waals surface area (Å²) in [6, 6.07) is 0. The number of carbonyl (C=O) groups excluding carboxylic acids is 2. The molecule has 4 rings (SSSR count). The molecule has 0 saturated heterocycles. The molecule has 0 spiro atoms. The van der Waals surface area contributed by atoms with E-state index in [1.54, 1.807) is 20.8 Å². The number of hydrogen-bond acceptors (Lipinski definition) is 7. The summed E-state index contributed by atoms with van der Waals surface area (Å²) >= 11 is 0. The Kier molecular flexibility index (Phi) is 6.92. The minimum absolute atomic E-state index is 0. The summed E-state index contributed by atoms with van der Waals surface area (Å²) in [6.07, 6.45) is 3.74. The van der Waals surface area contributed by atoms with Gasteiger partial charge in [-0.2, -0.15) is 0 Å². The fraction of sp³-hybridized carbons (Fsp3) is 0.727. The summed E-state index contributed by atoms with van der Waals surface area (Å²) in [5.74, 6) is -2.71. The quantitative estimate of drug-likeness (QED) is 0.391. The van der Waals surface area contributed by atoms with Crippen molar-refractivity contribution in [1.82, 2.24) is 0 Å².